The van der Waals surface area contributed by atoms with Crippen LogP contribution < -0.4 is 10.8 Å². The van der Waals surface area contributed by atoms with Gasteiger partial charge in [0.1, 0.15) is 20.3 Å². The molecular formula is C12H17BN2OS. The van der Waals surface area contributed by atoms with E-state index in [9.17, 15) is 0 Å². The first-order chi connectivity index (χ1) is 8.05. The minimum absolute atomic E-state index is 0.199. The summed E-state index contributed by atoms with van der Waals surface area (Å²) in [6.07, 6.45) is 3.09. The van der Waals surface area contributed by atoms with Crippen molar-refractivity contribution in [3.63, 3.8) is 0 Å². The number of allylic oxidation sites excluding steroid dienone is 1. The van der Waals surface area contributed by atoms with E-state index in [1.54, 1.807) is 16.4 Å². The second-order valence-corrected chi connectivity index (χ2v) is 5.38. The zero-order valence-corrected chi connectivity index (χ0v) is 11.3. The molecule has 1 N–H and O–H groups in total. The zero-order valence-electron chi connectivity index (χ0n) is 10.5. The highest BCUT2D eigenvalue weighted by atomic mass is 32.1. The highest BCUT2D eigenvalue weighted by Gasteiger charge is 2.34. The van der Waals surface area contributed by atoms with Crippen molar-refractivity contribution in [2.24, 2.45) is 0 Å². The second-order valence-electron chi connectivity index (χ2n) is 4.47. The molecule has 90 valence electrons. The largest absolute Gasteiger partial charge is 0.358 e. The molecule has 1 fully saturated rings. The predicted octanol–water partition coefficient (Wildman–Crippen LogP) is 1.48. The summed E-state index contributed by atoms with van der Waals surface area (Å²) in [5.41, 5.74) is 0.614. The van der Waals surface area contributed by atoms with Gasteiger partial charge in [0.2, 0.25) is 0 Å². The summed E-state index contributed by atoms with van der Waals surface area (Å²) in [6, 6.07) is 2.01. The van der Waals surface area contributed by atoms with E-state index in [2.05, 4.69) is 25.2 Å². The molecule has 1 aliphatic heterocycles. The lowest BCUT2D eigenvalue weighted by atomic mass is 9.95. The van der Waals surface area contributed by atoms with Crippen LogP contribution in [0, 0.1) is 0 Å². The summed E-state index contributed by atoms with van der Waals surface area (Å²) >= 11 is 1.66. The minimum Gasteiger partial charge on any atom is -0.358 e. The fraction of sp³-hybridized carbons (Fsp3) is 0.500. The van der Waals surface area contributed by atoms with Crippen molar-refractivity contribution in [1.82, 2.24) is 10.4 Å². The Balaban J connectivity index is 2.24. The van der Waals surface area contributed by atoms with Crippen LogP contribution in [0.3, 0.4) is 0 Å². The van der Waals surface area contributed by atoms with Crippen molar-refractivity contribution in [2.45, 2.75) is 25.8 Å². The average Bonchev–Trinajstić information content (AvgIpc) is 2.72. The van der Waals surface area contributed by atoms with Crippen LogP contribution in [0.2, 0.25) is 0 Å². The van der Waals surface area contributed by atoms with E-state index in [0.717, 1.165) is 17.7 Å². The summed E-state index contributed by atoms with van der Waals surface area (Å²) in [5, 5.41) is 7.27. The highest BCUT2D eigenvalue weighted by Crippen LogP contribution is 2.29. The molecule has 2 heterocycles. The van der Waals surface area contributed by atoms with Gasteiger partial charge >= 0.3 is 0 Å². The molecule has 0 bridgehead atoms. The number of hydrogen-bond acceptors (Lipinski definition) is 4. The first-order valence-corrected chi connectivity index (χ1v) is 6.62. The van der Waals surface area contributed by atoms with E-state index >= 15 is 0 Å². The zero-order chi connectivity index (χ0) is 12.5. The SMILES string of the molecule is [B]c1csc(C2(C)CON(C)/C(=C\CC)N2)c1. The summed E-state index contributed by atoms with van der Waals surface area (Å²) in [5.74, 6) is 1.01. The number of thiophene rings is 1. The van der Waals surface area contributed by atoms with Gasteiger partial charge in [-0.25, -0.2) is 5.06 Å². The third-order valence-electron chi connectivity index (χ3n) is 2.85. The van der Waals surface area contributed by atoms with E-state index < -0.39 is 0 Å². The molecule has 3 nitrogen and oxygen atoms in total. The fourth-order valence-electron chi connectivity index (χ4n) is 1.84. The molecule has 1 aromatic heterocycles. The van der Waals surface area contributed by atoms with Crippen molar-refractivity contribution in [2.75, 3.05) is 13.7 Å². The van der Waals surface area contributed by atoms with Crippen LogP contribution in [0.5, 0.6) is 0 Å². The Morgan fingerprint density at radius 3 is 3.06 bits per heavy atom. The first-order valence-electron chi connectivity index (χ1n) is 5.74. The lowest BCUT2D eigenvalue weighted by Gasteiger charge is -2.41. The van der Waals surface area contributed by atoms with Gasteiger partial charge in [-0.2, -0.15) is 0 Å². The molecule has 0 spiro atoms. The fourth-order valence-corrected chi connectivity index (χ4v) is 2.74. The van der Waals surface area contributed by atoms with Gasteiger partial charge in [-0.1, -0.05) is 18.5 Å². The molecule has 1 saturated heterocycles. The van der Waals surface area contributed by atoms with Crippen LogP contribution >= 0.6 is 11.3 Å². The smallest absolute Gasteiger partial charge is 0.122 e. The lowest BCUT2D eigenvalue weighted by molar-refractivity contribution is -0.165. The van der Waals surface area contributed by atoms with Gasteiger partial charge in [0, 0.05) is 11.9 Å². The average molecular weight is 248 g/mol. The van der Waals surface area contributed by atoms with E-state index in [1.807, 2.05) is 18.5 Å². The summed E-state index contributed by atoms with van der Waals surface area (Å²) < 4.78 is 0. The molecule has 1 unspecified atom stereocenters. The van der Waals surface area contributed by atoms with E-state index in [4.69, 9.17) is 12.7 Å². The number of hydrogen-bond donors (Lipinski definition) is 1. The second kappa shape index (κ2) is 4.74. The Hall–Kier alpha value is -0.935. The van der Waals surface area contributed by atoms with Gasteiger partial charge in [-0.3, -0.25) is 4.84 Å². The minimum atomic E-state index is -0.199. The van der Waals surface area contributed by atoms with Crippen molar-refractivity contribution in [3.05, 3.63) is 28.2 Å². The van der Waals surface area contributed by atoms with Crippen LogP contribution in [0.15, 0.2) is 23.3 Å². The van der Waals surface area contributed by atoms with Crippen LogP contribution in [0.25, 0.3) is 0 Å². The number of nitrogens with one attached hydrogen (secondary N) is 1. The monoisotopic (exact) mass is 248 g/mol. The quantitative estimate of drug-likeness (QED) is 0.802. The first kappa shape index (κ1) is 12.5. The summed E-state index contributed by atoms with van der Waals surface area (Å²) in [6.45, 7) is 4.84. The molecule has 5 heteroatoms. The lowest BCUT2D eigenvalue weighted by Crippen LogP contribution is -2.52. The van der Waals surface area contributed by atoms with Gasteiger partial charge in [-0.15, -0.1) is 11.3 Å². The van der Waals surface area contributed by atoms with Gasteiger partial charge < -0.3 is 5.32 Å². The Labute approximate surface area is 108 Å². The Kier molecular flexibility index (Phi) is 3.49. The van der Waals surface area contributed by atoms with E-state index in [-0.39, 0.29) is 5.54 Å². The molecule has 2 radical (unpaired) electrons. The van der Waals surface area contributed by atoms with Gasteiger partial charge in [0.25, 0.3) is 0 Å². The maximum Gasteiger partial charge on any atom is 0.122 e. The van der Waals surface area contributed by atoms with Crippen molar-refractivity contribution in [3.8, 4) is 0 Å². The van der Waals surface area contributed by atoms with Crippen LogP contribution in [0.4, 0.5) is 0 Å². The third kappa shape index (κ3) is 2.50. The number of nitrogens with zero attached hydrogens (tertiary/aromatic N) is 1. The number of rotatable bonds is 2. The summed E-state index contributed by atoms with van der Waals surface area (Å²) in [7, 11) is 7.70. The molecule has 0 aromatic carbocycles. The van der Waals surface area contributed by atoms with Gasteiger partial charge in [0.15, 0.2) is 0 Å². The van der Waals surface area contributed by atoms with Crippen molar-refractivity contribution in [1.29, 1.82) is 0 Å². The third-order valence-corrected chi connectivity index (χ3v) is 4.06. The maximum absolute atomic E-state index is 5.78. The van der Waals surface area contributed by atoms with Crippen LogP contribution in [-0.4, -0.2) is 26.6 Å². The van der Waals surface area contributed by atoms with Crippen molar-refractivity contribution < 1.29 is 4.84 Å². The Bertz CT molecular complexity index is 432. The molecule has 1 aromatic rings. The molecule has 0 aliphatic carbocycles. The van der Waals surface area contributed by atoms with Gasteiger partial charge in [0.05, 0.1) is 5.54 Å². The van der Waals surface area contributed by atoms with Crippen LogP contribution in [-0.2, 0) is 10.4 Å². The van der Waals surface area contributed by atoms with Gasteiger partial charge in [-0.05, 0) is 24.8 Å². The molecule has 1 atom stereocenters. The topological polar surface area (TPSA) is 24.5 Å². The van der Waals surface area contributed by atoms with Crippen molar-refractivity contribution >= 4 is 24.6 Å². The Morgan fingerprint density at radius 2 is 2.47 bits per heavy atom. The molecule has 1 aliphatic rings. The predicted molar refractivity (Wildman–Crippen MR) is 72.3 cm³/mol. The molecule has 0 amide bonds. The standard InChI is InChI=1S/C12H17BN2OS/c1-4-5-11-14-12(2,8-16-15(11)3)10-6-9(13)7-17-10/h5-7,14H,4,8H2,1-3H3/b11-5-. The van der Waals surface area contributed by atoms with E-state index in [1.165, 1.54) is 4.88 Å². The number of hydroxylamine groups is 2. The van der Waals surface area contributed by atoms with E-state index in [0.29, 0.717) is 6.61 Å². The molecule has 0 saturated carbocycles. The summed E-state index contributed by atoms with van der Waals surface area (Å²) in [4.78, 5) is 6.89. The van der Waals surface area contributed by atoms with Crippen LogP contribution in [0.1, 0.15) is 25.1 Å². The normalized spacial score (nSPS) is 27.2. The maximum atomic E-state index is 5.78. The molecular weight excluding hydrogens is 231 g/mol. The highest BCUT2D eigenvalue weighted by molar-refractivity contribution is 7.11. The Morgan fingerprint density at radius 1 is 1.71 bits per heavy atom. The molecule has 2 rings (SSSR count). The molecule has 17 heavy (non-hydrogen) atoms.